The molecule has 1 aromatic carbocycles. The summed E-state index contributed by atoms with van der Waals surface area (Å²) in [5.74, 6) is 0.842. The minimum absolute atomic E-state index is 0. The van der Waals surface area contributed by atoms with E-state index >= 15 is 0 Å². The molecule has 1 unspecified atom stereocenters. The standard InChI is InChI=1S/C20H34N4O3S.HI/c1-3-21-20(22-11-13-27-14-15-28(2,25)26)23-19-10-7-12-24(17-19)16-18-8-5-4-6-9-18;/h4-6,8-9,19H,3,7,10-17H2,1-2H3,(H2,21,22,23);1H. The van der Waals surface area contributed by atoms with Crippen molar-refractivity contribution in [2.75, 3.05) is 51.4 Å². The fourth-order valence-corrected chi connectivity index (χ4v) is 3.63. The second-order valence-corrected chi connectivity index (χ2v) is 9.47. The number of nitrogens with zero attached hydrogens (tertiary/aromatic N) is 2. The van der Waals surface area contributed by atoms with Crippen LogP contribution in [0, 0.1) is 0 Å². The van der Waals surface area contributed by atoms with Crippen LogP contribution in [-0.4, -0.2) is 76.7 Å². The molecule has 0 radical (unpaired) electrons. The molecule has 0 aromatic heterocycles. The number of halogens is 1. The van der Waals surface area contributed by atoms with Gasteiger partial charge in [-0.1, -0.05) is 30.3 Å². The van der Waals surface area contributed by atoms with Crippen LogP contribution >= 0.6 is 24.0 Å². The summed E-state index contributed by atoms with van der Waals surface area (Å²) in [4.78, 5) is 7.03. The maximum atomic E-state index is 11.1. The third-order valence-corrected chi connectivity index (χ3v) is 5.45. The van der Waals surface area contributed by atoms with Gasteiger partial charge in [-0.05, 0) is 31.9 Å². The van der Waals surface area contributed by atoms with Crippen LogP contribution in [0.4, 0.5) is 0 Å². The molecule has 1 aliphatic heterocycles. The Balaban J connectivity index is 0.00000420. The highest BCUT2D eigenvalue weighted by Crippen LogP contribution is 2.13. The first-order valence-electron chi connectivity index (χ1n) is 10.0. The van der Waals surface area contributed by atoms with Gasteiger partial charge in [-0.2, -0.15) is 0 Å². The average Bonchev–Trinajstić information content (AvgIpc) is 2.65. The summed E-state index contributed by atoms with van der Waals surface area (Å²) in [6, 6.07) is 10.9. The lowest BCUT2D eigenvalue weighted by atomic mass is 10.0. The molecule has 1 saturated heterocycles. The molecule has 1 heterocycles. The van der Waals surface area contributed by atoms with Crippen LogP contribution in [0.15, 0.2) is 35.3 Å². The first-order chi connectivity index (χ1) is 13.5. The zero-order chi connectivity index (χ0) is 20.2. The third kappa shape index (κ3) is 11.8. The largest absolute Gasteiger partial charge is 0.378 e. The maximum absolute atomic E-state index is 11.1. The fourth-order valence-electron chi connectivity index (χ4n) is 3.21. The SMILES string of the molecule is CCNC(=NCCOCCS(C)(=O)=O)NC1CCCN(Cc2ccccc2)C1.I. The van der Waals surface area contributed by atoms with Gasteiger partial charge >= 0.3 is 0 Å². The molecule has 2 N–H and O–H groups in total. The summed E-state index contributed by atoms with van der Waals surface area (Å²) in [7, 11) is -2.97. The molecule has 29 heavy (non-hydrogen) atoms. The Kier molecular flexibility index (Phi) is 12.8. The van der Waals surface area contributed by atoms with Crippen molar-refractivity contribution in [3.8, 4) is 0 Å². The Morgan fingerprint density at radius 3 is 2.72 bits per heavy atom. The normalized spacial score (nSPS) is 18.1. The summed E-state index contributed by atoms with van der Waals surface area (Å²) in [5, 5.41) is 6.81. The van der Waals surface area contributed by atoms with Gasteiger partial charge in [0.1, 0.15) is 9.84 Å². The molecule has 1 aliphatic rings. The van der Waals surface area contributed by atoms with Crippen molar-refractivity contribution >= 4 is 39.8 Å². The average molecular weight is 538 g/mol. The van der Waals surface area contributed by atoms with E-state index in [-0.39, 0.29) is 36.3 Å². The first-order valence-corrected chi connectivity index (χ1v) is 12.1. The second-order valence-electron chi connectivity index (χ2n) is 7.21. The Hall–Kier alpha value is -0.910. The smallest absolute Gasteiger partial charge is 0.191 e. The van der Waals surface area contributed by atoms with Gasteiger partial charge in [0, 0.05) is 31.9 Å². The Morgan fingerprint density at radius 1 is 1.28 bits per heavy atom. The lowest BCUT2D eigenvalue weighted by molar-refractivity contribution is 0.157. The number of ether oxygens (including phenoxy) is 1. The maximum Gasteiger partial charge on any atom is 0.191 e. The van der Waals surface area contributed by atoms with E-state index in [4.69, 9.17) is 4.74 Å². The highest BCUT2D eigenvalue weighted by Gasteiger charge is 2.20. The van der Waals surface area contributed by atoms with E-state index < -0.39 is 9.84 Å². The molecule has 9 heteroatoms. The van der Waals surface area contributed by atoms with Gasteiger partial charge in [-0.25, -0.2) is 8.42 Å². The minimum Gasteiger partial charge on any atom is -0.378 e. The summed E-state index contributed by atoms with van der Waals surface area (Å²) in [6.45, 7) is 7.05. The highest BCUT2D eigenvalue weighted by molar-refractivity contribution is 14.0. The molecule has 7 nitrogen and oxygen atoms in total. The first kappa shape index (κ1) is 26.1. The van der Waals surface area contributed by atoms with Gasteiger partial charge in [0.05, 0.1) is 25.5 Å². The van der Waals surface area contributed by atoms with Crippen LogP contribution in [-0.2, 0) is 21.1 Å². The van der Waals surface area contributed by atoms with E-state index in [1.807, 2.05) is 13.0 Å². The Bertz CT molecular complexity index is 701. The second kappa shape index (κ2) is 14.2. The number of aliphatic imine (C=N–C) groups is 1. The van der Waals surface area contributed by atoms with Crippen LogP contribution in [0.2, 0.25) is 0 Å². The molecule has 0 amide bonds. The number of sulfone groups is 1. The Labute approximate surface area is 192 Å². The number of likely N-dealkylation sites (tertiary alicyclic amines) is 1. The molecule has 2 rings (SSSR count). The lowest BCUT2D eigenvalue weighted by Crippen LogP contribution is -2.51. The number of guanidine groups is 1. The summed E-state index contributed by atoms with van der Waals surface area (Å²) < 4.78 is 27.5. The number of hydrogen-bond donors (Lipinski definition) is 2. The van der Waals surface area contributed by atoms with Crippen LogP contribution in [0.1, 0.15) is 25.3 Å². The van der Waals surface area contributed by atoms with Crippen molar-refractivity contribution in [2.45, 2.75) is 32.4 Å². The van der Waals surface area contributed by atoms with Crippen LogP contribution < -0.4 is 10.6 Å². The summed E-state index contributed by atoms with van der Waals surface area (Å²) in [5.41, 5.74) is 1.34. The van der Waals surface area contributed by atoms with Gasteiger partial charge in [0.15, 0.2) is 5.96 Å². The zero-order valence-electron chi connectivity index (χ0n) is 17.5. The zero-order valence-corrected chi connectivity index (χ0v) is 20.6. The lowest BCUT2D eigenvalue weighted by Gasteiger charge is -2.34. The van der Waals surface area contributed by atoms with Crippen molar-refractivity contribution < 1.29 is 13.2 Å². The fraction of sp³-hybridized carbons (Fsp3) is 0.650. The molecule has 0 spiro atoms. The molecule has 166 valence electrons. The summed E-state index contributed by atoms with van der Waals surface area (Å²) in [6.07, 6.45) is 3.51. The number of benzene rings is 1. The quantitative estimate of drug-likeness (QED) is 0.205. The van der Waals surface area contributed by atoms with Gasteiger partial charge in [0.2, 0.25) is 0 Å². The van der Waals surface area contributed by atoms with Gasteiger partial charge in [0.25, 0.3) is 0 Å². The topological polar surface area (TPSA) is 83.0 Å². The predicted molar refractivity (Wildman–Crippen MR) is 130 cm³/mol. The van der Waals surface area contributed by atoms with E-state index in [0.29, 0.717) is 19.2 Å². The van der Waals surface area contributed by atoms with E-state index in [1.165, 1.54) is 18.2 Å². The van der Waals surface area contributed by atoms with Crippen molar-refractivity contribution in [3.63, 3.8) is 0 Å². The monoisotopic (exact) mass is 538 g/mol. The van der Waals surface area contributed by atoms with E-state index in [0.717, 1.165) is 38.6 Å². The highest BCUT2D eigenvalue weighted by atomic mass is 127. The van der Waals surface area contributed by atoms with Crippen LogP contribution in [0.25, 0.3) is 0 Å². The van der Waals surface area contributed by atoms with Gasteiger partial charge in [-0.15, -0.1) is 24.0 Å². The molecule has 1 fully saturated rings. The van der Waals surface area contributed by atoms with Crippen molar-refractivity contribution in [3.05, 3.63) is 35.9 Å². The molecular weight excluding hydrogens is 503 g/mol. The van der Waals surface area contributed by atoms with Crippen LogP contribution in [0.3, 0.4) is 0 Å². The predicted octanol–water partition coefficient (Wildman–Crippen LogP) is 1.89. The van der Waals surface area contributed by atoms with Crippen molar-refractivity contribution in [1.82, 2.24) is 15.5 Å². The van der Waals surface area contributed by atoms with E-state index in [9.17, 15) is 8.42 Å². The van der Waals surface area contributed by atoms with Gasteiger partial charge < -0.3 is 15.4 Å². The van der Waals surface area contributed by atoms with Crippen molar-refractivity contribution in [2.24, 2.45) is 4.99 Å². The molecule has 1 aromatic rings. The molecule has 0 aliphatic carbocycles. The number of piperidine rings is 1. The molecular formula is C20H35IN4O3S. The van der Waals surface area contributed by atoms with Crippen molar-refractivity contribution in [1.29, 1.82) is 0 Å². The third-order valence-electron chi connectivity index (χ3n) is 4.54. The molecule has 1 atom stereocenters. The Morgan fingerprint density at radius 2 is 2.03 bits per heavy atom. The van der Waals surface area contributed by atoms with Gasteiger partial charge in [-0.3, -0.25) is 9.89 Å². The number of nitrogens with one attached hydrogen (secondary N) is 2. The molecule has 0 saturated carbocycles. The molecule has 0 bridgehead atoms. The summed E-state index contributed by atoms with van der Waals surface area (Å²) >= 11 is 0. The number of rotatable bonds is 10. The number of hydrogen-bond acceptors (Lipinski definition) is 5. The minimum atomic E-state index is -2.97. The van der Waals surface area contributed by atoms with E-state index in [1.54, 1.807) is 0 Å². The van der Waals surface area contributed by atoms with E-state index in [2.05, 4.69) is 44.8 Å². The van der Waals surface area contributed by atoms with Crippen LogP contribution in [0.5, 0.6) is 0 Å².